The lowest BCUT2D eigenvalue weighted by atomic mass is 9.89. The second kappa shape index (κ2) is 7.22. The van der Waals surface area contributed by atoms with Gasteiger partial charge in [0.25, 0.3) is 0 Å². The smallest absolute Gasteiger partial charge is 0.239 e. The standard InChI is InChI=1S/C13H24N2O.ClH/c1-15(10-11-6-3-2-4-7-11)13(16)12-8-5-9-14-12;/h11-12,14H,2-10H2,1H3;1H. The summed E-state index contributed by atoms with van der Waals surface area (Å²) in [5.41, 5.74) is 0. The maximum atomic E-state index is 12.1. The highest BCUT2D eigenvalue weighted by Gasteiger charge is 2.26. The first-order chi connectivity index (χ1) is 7.77. The molecule has 1 N–H and O–H groups in total. The number of carbonyl (C=O) groups is 1. The number of rotatable bonds is 3. The third-order valence-corrected chi connectivity index (χ3v) is 3.99. The molecule has 2 fully saturated rings. The Morgan fingerprint density at radius 1 is 1.18 bits per heavy atom. The number of carbonyl (C=O) groups excluding carboxylic acids is 1. The van der Waals surface area contributed by atoms with Crippen molar-refractivity contribution in [2.24, 2.45) is 5.92 Å². The summed E-state index contributed by atoms with van der Waals surface area (Å²) in [4.78, 5) is 14.0. The Morgan fingerprint density at radius 3 is 2.47 bits per heavy atom. The van der Waals surface area contributed by atoms with Crippen LogP contribution in [0.5, 0.6) is 0 Å². The molecule has 0 aromatic rings. The van der Waals surface area contributed by atoms with Gasteiger partial charge >= 0.3 is 0 Å². The number of likely N-dealkylation sites (N-methyl/N-ethyl adjacent to an activating group) is 1. The SMILES string of the molecule is CN(CC1CCCCC1)C(=O)C1CCCN1.Cl. The van der Waals surface area contributed by atoms with Crippen LogP contribution in [0.1, 0.15) is 44.9 Å². The van der Waals surface area contributed by atoms with Gasteiger partial charge in [0.2, 0.25) is 5.91 Å². The molecule has 1 aliphatic carbocycles. The lowest BCUT2D eigenvalue weighted by molar-refractivity contribution is -0.132. The van der Waals surface area contributed by atoms with Crippen molar-refractivity contribution in [1.82, 2.24) is 10.2 Å². The fourth-order valence-electron chi connectivity index (χ4n) is 3.01. The largest absolute Gasteiger partial charge is 0.344 e. The van der Waals surface area contributed by atoms with Crippen LogP contribution in [0.2, 0.25) is 0 Å². The molecule has 17 heavy (non-hydrogen) atoms. The maximum Gasteiger partial charge on any atom is 0.239 e. The average molecular weight is 261 g/mol. The lowest BCUT2D eigenvalue weighted by Crippen LogP contribution is -2.43. The number of nitrogens with one attached hydrogen (secondary N) is 1. The van der Waals surface area contributed by atoms with Crippen LogP contribution in [0.15, 0.2) is 0 Å². The van der Waals surface area contributed by atoms with Crippen molar-refractivity contribution in [2.45, 2.75) is 51.0 Å². The van der Waals surface area contributed by atoms with Crippen LogP contribution in [0.25, 0.3) is 0 Å². The molecule has 1 unspecified atom stereocenters. The predicted molar refractivity (Wildman–Crippen MR) is 72.5 cm³/mol. The minimum absolute atomic E-state index is 0. The van der Waals surface area contributed by atoms with E-state index in [4.69, 9.17) is 0 Å². The Morgan fingerprint density at radius 2 is 1.88 bits per heavy atom. The molecule has 100 valence electrons. The molecule has 1 heterocycles. The second-order valence-electron chi connectivity index (χ2n) is 5.37. The second-order valence-corrected chi connectivity index (χ2v) is 5.37. The summed E-state index contributed by atoms with van der Waals surface area (Å²) < 4.78 is 0. The molecule has 0 bridgehead atoms. The van der Waals surface area contributed by atoms with Gasteiger partial charge in [-0.25, -0.2) is 0 Å². The summed E-state index contributed by atoms with van der Waals surface area (Å²) in [5.74, 6) is 1.06. The third kappa shape index (κ3) is 4.14. The van der Waals surface area contributed by atoms with Crippen molar-refractivity contribution < 1.29 is 4.79 Å². The highest BCUT2D eigenvalue weighted by atomic mass is 35.5. The first-order valence-corrected chi connectivity index (χ1v) is 6.76. The first-order valence-electron chi connectivity index (χ1n) is 6.76. The van der Waals surface area contributed by atoms with Crippen molar-refractivity contribution in [1.29, 1.82) is 0 Å². The molecule has 4 heteroatoms. The van der Waals surface area contributed by atoms with E-state index in [1.54, 1.807) is 0 Å². The first kappa shape index (κ1) is 14.8. The summed E-state index contributed by atoms with van der Waals surface area (Å²) in [5, 5.41) is 3.28. The van der Waals surface area contributed by atoms with Gasteiger partial charge in [0.15, 0.2) is 0 Å². The molecule has 2 aliphatic rings. The van der Waals surface area contributed by atoms with E-state index in [2.05, 4.69) is 5.32 Å². The Kier molecular flexibility index (Phi) is 6.28. The van der Waals surface area contributed by atoms with Crippen LogP contribution in [-0.2, 0) is 4.79 Å². The predicted octanol–water partition coefficient (Wildman–Crippen LogP) is 2.20. The van der Waals surface area contributed by atoms with Gasteiger partial charge in [-0.3, -0.25) is 4.79 Å². The summed E-state index contributed by atoms with van der Waals surface area (Å²) in [6.07, 6.45) is 8.90. The van der Waals surface area contributed by atoms with E-state index in [1.807, 2.05) is 11.9 Å². The van der Waals surface area contributed by atoms with E-state index in [0.717, 1.165) is 31.8 Å². The van der Waals surface area contributed by atoms with Crippen LogP contribution in [0.4, 0.5) is 0 Å². The summed E-state index contributed by atoms with van der Waals surface area (Å²) in [6.45, 7) is 1.98. The number of hydrogen-bond acceptors (Lipinski definition) is 2. The van der Waals surface area contributed by atoms with E-state index in [-0.39, 0.29) is 18.4 Å². The average Bonchev–Trinajstić information content (AvgIpc) is 2.83. The molecule has 1 saturated carbocycles. The maximum absolute atomic E-state index is 12.1. The van der Waals surface area contributed by atoms with Crippen molar-refractivity contribution in [2.75, 3.05) is 20.1 Å². The fourth-order valence-corrected chi connectivity index (χ4v) is 3.01. The molecule has 1 saturated heterocycles. The number of hydrogen-bond donors (Lipinski definition) is 1. The number of halogens is 1. The van der Waals surface area contributed by atoms with Gasteiger partial charge in [0.05, 0.1) is 6.04 Å². The zero-order valence-electron chi connectivity index (χ0n) is 10.8. The topological polar surface area (TPSA) is 32.3 Å². The van der Waals surface area contributed by atoms with Gasteiger partial charge in [-0.05, 0) is 38.1 Å². The molecule has 0 aromatic carbocycles. The molecule has 0 aromatic heterocycles. The summed E-state index contributed by atoms with van der Waals surface area (Å²) >= 11 is 0. The number of amides is 1. The Labute approximate surface area is 111 Å². The normalized spacial score (nSPS) is 25.4. The van der Waals surface area contributed by atoms with Gasteiger partial charge in [-0.15, -0.1) is 12.4 Å². The van der Waals surface area contributed by atoms with E-state index in [9.17, 15) is 4.79 Å². The van der Waals surface area contributed by atoms with Gasteiger partial charge in [0, 0.05) is 13.6 Å². The van der Waals surface area contributed by atoms with Crippen molar-refractivity contribution in [3.63, 3.8) is 0 Å². The highest BCUT2D eigenvalue weighted by Crippen LogP contribution is 2.24. The van der Waals surface area contributed by atoms with Gasteiger partial charge in [-0.2, -0.15) is 0 Å². The van der Waals surface area contributed by atoms with Crippen molar-refractivity contribution in [3.8, 4) is 0 Å². The minimum atomic E-state index is 0. The molecular formula is C13H25ClN2O. The molecular weight excluding hydrogens is 236 g/mol. The Bertz CT molecular complexity index is 236. The molecule has 3 nitrogen and oxygen atoms in total. The van der Waals surface area contributed by atoms with Gasteiger partial charge in [-0.1, -0.05) is 19.3 Å². The zero-order chi connectivity index (χ0) is 11.4. The lowest BCUT2D eigenvalue weighted by Gasteiger charge is -2.28. The molecule has 0 spiro atoms. The molecule has 2 rings (SSSR count). The highest BCUT2D eigenvalue weighted by molar-refractivity contribution is 5.85. The van der Waals surface area contributed by atoms with E-state index in [1.165, 1.54) is 32.1 Å². The third-order valence-electron chi connectivity index (χ3n) is 3.99. The summed E-state index contributed by atoms with van der Waals surface area (Å²) in [7, 11) is 1.97. The molecule has 1 amide bonds. The molecule has 1 atom stereocenters. The van der Waals surface area contributed by atoms with Crippen molar-refractivity contribution >= 4 is 18.3 Å². The Balaban J connectivity index is 0.00000144. The van der Waals surface area contributed by atoms with E-state index < -0.39 is 0 Å². The molecule has 1 aliphatic heterocycles. The molecule has 0 radical (unpaired) electrons. The fraction of sp³-hybridized carbons (Fsp3) is 0.923. The van der Waals surface area contributed by atoms with Gasteiger partial charge in [0.1, 0.15) is 0 Å². The van der Waals surface area contributed by atoms with E-state index in [0.29, 0.717) is 5.91 Å². The van der Waals surface area contributed by atoms with Crippen LogP contribution >= 0.6 is 12.4 Å². The van der Waals surface area contributed by atoms with Crippen LogP contribution in [0.3, 0.4) is 0 Å². The van der Waals surface area contributed by atoms with Crippen LogP contribution < -0.4 is 5.32 Å². The quantitative estimate of drug-likeness (QED) is 0.844. The minimum Gasteiger partial charge on any atom is -0.344 e. The Hall–Kier alpha value is -0.280. The van der Waals surface area contributed by atoms with Crippen LogP contribution in [-0.4, -0.2) is 37.0 Å². The monoisotopic (exact) mass is 260 g/mol. The van der Waals surface area contributed by atoms with Crippen LogP contribution in [0, 0.1) is 5.92 Å². The van der Waals surface area contributed by atoms with E-state index >= 15 is 0 Å². The van der Waals surface area contributed by atoms with Crippen molar-refractivity contribution in [3.05, 3.63) is 0 Å². The number of nitrogens with zero attached hydrogens (tertiary/aromatic N) is 1. The summed E-state index contributed by atoms with van der Waals surface area (Å²) in [6, 6.07) is 0.105. The zero-order valence-corrected chi connectivity index (χ0v) is 11.6. The van der Waals surface area contributed by atoms with Gasteiger partial charge < -0.3 is 10.2 Å².